The number of benzene rings is 1. The second kappa shape index (κ2) is 9.89. The summed E-state index contributed by atoms with van der Waals surface area (Å²) in [6.07, 6.45) is 8.95. The fraction of sp³-hybridized carbons (Fsp3) is 0.379. The van der Waals surface area contributed by atoms with Crippen molar-refractivity contribution in [2.45, 2.75) is 52.3 Å². The molecule has 1 aliphatic carbocycles. The van der Waals surface area contributed by atoms with Crippen LogP contribution in [0.5, 0.6) is 5.75 Å². The minimum atomic E-state index is -0.767. The molecule has 11 heteroatoms. The zero-order valence-corrected chi connectivity index (χ0v) is 23.3. The zero-order valence-electron chi connectivity index (χ0n) is 23.3. The number of aryl methyl sites for hydroxylation is 1. The summed E-state index contributed by atoms with van der Waals surface area (Å²) in [6.45, 7) is 6.01. The molecule has 5 aromatic rings. The van der Waals surface area contributed by atoms with Gasteiger partial charge in [-0.15, -0.1) is 0 Å². The summed E-state index contributed by atoms with van der Waals surface area (Å²) in [5.41, 5.74) is 3.94. The summed E-state index contributed by atoms with van der Waals surface area (Å²) in [6, 6.07) is 8.25. The Morgan fingerprint density at radius 2 is 2.00 bits per heavy atom. The predicted molar refractivity (Wildman–Crippen MR) is 151 cm³/mol. The Kier molecular flexibility index (Phi) is 6.36. The van der Waals surface area contributed by atoms with Gasteiger partial charge in [0.25, 0.3) is 0 Å². The number of ether oxygens (including phenoxy) is 2. The minimum absolute atomic E-state index is 0.297. The highest BCUT2D eigenvalue weighted by Gasteiger charge is 2.31. The van der Waals surface area contributed by atoms with E-state index in [1.807, 2.05) is 63.0 Å². The first-order chi connectivity index (χ1) is 19.2. The monoisotopic (exact) mass is 540 g/mol. The van der Waals surface area contributed by atoms with Crippen LogP contribution in [0.25, 0.3) is 33.2 Å². The van der Waals surface area contributed by atoms with Crippen molar-refractivity contribution in [2.24, 2.45) is 12.5 Å². The van der Waals surface area contributed by atoms with Crippen LogP contribution in [0.4, 0.5) is 5.82 Å². The number of carbonyl (C=O) groups is 1. The lowest BCUT2D eigenvalue weighted by molar-refractivity contribution is -0.151. The average molecular weight is 541 g/mol. The summed E-state index contributed by atoms with van der Waals surface area (Å²) >= 11 is 0. The number of fused-ring (bicyclic) bond motifs is 2. The molecule has 1 fully saturated rings. The van der Waals surface area contributed by atoms with Gasteiger partial charge in [0.05, 0.1) is 36.3 Å². The number of rotatable bonds is 9. The van der Waals surface area contributed by atoms with Crippen molar-refractivity contribution >= 4 is 33.7 Å². The van der Waals surface area contributed by atoms with E-state index in [0.29, 0.717) is 23.9 Å². The molecule has 0 saturated heterocycles. The third-order valence-electron chi connectivity index (χ3n) is 7.09. The molecule has 0 unspecified atom stereocenters. The minimum Gasteiger partial charge on any atom is -0.484 e. The van der Waals surface area contributed by atoms with Crippen molar-refractivity contribution in [3.8, 4) is 17.0 Å². The first-order valence-electron chi connectivity index (χ1n) is 13.3. The molecule has 1 aromatic carbocycles. The number of hydrogen-bond acceptors (Lipinski definition) is 9. The number of esters is 1. The fourth-order valence-corrected chi connectivity index (χ4v) is 4.87. The van der Waals surface area contributed by atoms with Gasteiger partial charge in [-0.2, -0.15) is 10.2 Å². The maximum absolute atomic E-state index is 12.4. The van der Waals surface area contributed by atoms with Gasteiger partial charge in [-0.1, -0.05) is 0 Å². The lowest BCUT2D eigenvalue weighted by Crippen LogP contribution is -2.31. The van der Waals surface area contributed by atoms with Gasteiger partial charge in [0.1, 0.15) is 34.6 Å². The van der Waals surface area contributed by atoms with Crippen molar-refractivity contribution in [1.29, 1.82) is 0 Å². The number of aromatic nitrogens is 7. The first-order valence-corrected chi connectivity index (χ1v) is 13.3. The van der Waals surface area contributed by atoms with E-state index in [4.69, 9.17) is 19.6 Å². The smallest absolute Gasteiger partial charge is 0.313 e. The van der Waals surface area contributed by atoms with Crippen molar-refractivity contribution in [3.05, 3.63) is 54.7 Å². The van der Waals surface area contributed by atoms with E-state index in [2.05, 4.69) is 20.4 Å². The van der Waals surface area contributed by atoms with Crippen molar-refractivity contribution in [2.75, 3.05) is 12.4 Å². The highest BCUT2D eigenvalue weighted by atomic mass is 16.5. The second-order valence-corrected chi connectivity index (χ2v) is 11.0. The van der Waals surface area contributed by atoms with E-state index >= 15 is 0 Å². The Bertz CT molecular complexity index is 1720. The lowest BCUT2D eigenvalue weighted by Gasteiger charge is -2.21. The maximum atomic E-state index is 12.4. The quantitative estimate of drug-likeness (QED) is 0.265. The fourth-order valence-electron chi connectivity index (χ4n) is 4.87. The second-order valence-electron chi connectivity index (χ2n) is 11.0. The molecule has 1 atom stereocenters. The average Bonchev–Trinajstić information content (AvgIpc) is 3.54. The van der Waals surface area contributed by atoms with E-state index in [0.717, 1.165) is 52.0 Å². The summed E-state index contributed by atoms with van der Waals surface area (Å²) < 4.78 is 15.1. The third kappa shape index (κ3) is 4.94. The lowest BCUT2D eigenvalue weighted by atomic mass is 9.94. The van der Waals surface area contributed by atoms with Crippen LogP contribution in [-0.4, -0.2) is 53.6 Å². The molecule has 206 valence electrons. The van der Waals surface area contributed by atoms with E-state index in [-0.39, 0.29) is 5.97 Å². The Labute approximate surface area is 231 Å². The van der Waals surface area contributed by atoms with Crippen molar-refractivity contribution < 1.29 is 14.3 Å². The van der Waals surface area contributed by atoms with Gasteiger partial charge in [0.2, 0.25) is 0 Å². The molecule has 6 rings (SSSR count). The maximum Gasteiger partial charge on any atom is 0.313 e. The molecule has 4 aromatic heterocycles. The summed E-state index contributed by atoms with van der Waals surface area (Å²) in [7, 11) is 3.27. The van der Waals surface area contributed by atoms with Crippen LogP contribution in [0.15, 0.2) is 49.1 Å². The highest BCUT2D eigenvalue weighted by Crippen LogP contribution is 2.35. The molecule has 1 aliphatic rings. The Hall–Kier alpha value is -4.54. The molecule has 0 spiro atoms. The summed E-state index contributed by atoms with van der Waals surface area (Å²) in [5, 5.41) is 13.6. The first kappa shape index (κ1) is 25.7. The molecule has 0 amide bonds. The number of nitrogens with zero attached hydrogens (tertiary/aromatic N) is 7. The third-order valence-corrected chi connectivity index (χ3v) is 7.09. The number of hydrogen-bond donors (Lipinski definition) is 1. The van der Waals surface area contributed by atoms with E-state index < -0.39 is 11.5 Å². The predicted octanol–water partition coefficient (Wildman–Crippen LogP) is 4.69. The van der Waals surface area contributed by atoms with Gasteiger partial charge in [0, 0.05) is 48.7 Å². The molecule has 0 radical (unpaired) electrons. The van der Waals surface area contributed by atoms with Crippen molar-refractivity contribution in [1.82, 2.24) is 34.5 Å². The summed E-state index contributed by atoms with van der Waals surface area (Å²) in [4.78, 5) is 26.4. The molecule has 40 heavy (non-hydrogen) atoms. The van der Waals surface area contributed by atoms with Gasteiger partial charge in [-0.05, 0) is 51.8 Å². The number of carbonyl (C=O) groups excluding carboxylic acids is 1. The topological polar surface area (TPSA) is 122 Å². The van der Waals surface area contributed by atoms with Crippen LogP contribution < -0.4 is 10.1 Å². The van der Waals surface area contributed by atoms with Crippen LogP contribution in [0.2, 0.25) is 0 Å². The van der Waals surface area contributed by atoms with Gasteiger partial charge in [0.15, 0.2) is 0 Å². The number of anilines is 1. The number of methoxy groups -OCH3 is 1. The normalized spacial score (nSPS) is 14.4. The van der Waals surface area contributed by atoms with Gasteiger partial charge in [-0.25, -0.2) is 4.98 Å². The summed E-state index contributed by atoms with van der Waals surface area (Å²) in [5.74, 6) is 1.15. The van der Waals surface area contributed by atoms with Crippen LogP contribution in [0.3, 0.4) is 0 Å². The Balaban J connectivity index is 1.38. The zero-order chi connectivity index (χ0) is 28.0. The number of nitrogens with one attached hydrogen (secondary N) is 1. The van der Waals surface area contributed by atoms with Gasteiger partial charge >= 0.3 is 5.97 Å². The molecule has 1 N–H and O–H groups in total. The molecular formula is C29H32N8O3. The molecule has 0 bridgehead atoms. The largest absolute Gasteiger partial charge is 0.484 e. The van der Waals surface area contributed by atoms with Gasteiger partial charge < -0.3 is 14.8 Å². The highest BCUT2D eigenvalue weighted by molar-refractivity contribution is 5.94. The van der Waals surface area contributed by atoms with Crippen LogP contribution in [0.1, 0.15) is 45.4 Å². The van der Waals surface area contributed by atoms with Crippen molar-refractivity contribution in [3.63, 3.8) is 0 Å². The Morgan fingerprint density at radius 3 is 2.73 bits per heavy atom. The molecule has 11 nitrogen and oxygen atoms in total. The van der Waals surface area contributed by atoms with E-state index in [1.165, 1.54) is 7.11 Å². The Morgan fingerprint density at radius 1 is 1.20 bits per heavy atom. The molecule has 0 aliphatic heterocycles. The van der Waals surface area contributed by atoms with Crippen LogP contribution in [0, 0.1) is 5.41 Å². The molecule has 4 heterocycles. The van der Waals surface area contributed by atoms with Crippen LogP contribution >= 0.6 is 0 Å². The van der Waals surface area contributed by atoms with E-state index in [1.54, 1.807) is 23.3 Å². The molecule has 1 saturated carbocycles. The molecular weight excluding hydrogens is 508 g/mol. The van der Waals surface area contributed by atoms with Crippen LogP contribution in [-0.2, 0) is 23.1 Å². The standard InChI is InChI=1S/C29H32N8O3/c1-17(25-27-22(30-10-11-31-27)13-24(34-25)33-19-6-7-19)40-20-8-9-23-21(12-20)26(18-14-32-36(4)15-18)35-37(23)16-29(2,3)28(38)39-5/h8-15,17,19H,6-7,16H2,1-5H3,(H,33,34)/t17-/m1/s1. The van der Waals surface area contributed by atoms with Gasteiger partial charge in [-0.3, -0.25) is 24.1 Å². The van der Waals surface area contributed by atoms with E-state index in [9.17, 15) is 4.79 Å². The number of pyridine rings is 1. The SMILES string of the molecule is COC(=O)C(C)(C)Cn1nc(-c2cnn(C)c2)c2cc(O[C@H](C)c3nc(NC4CC4)cc4nccnc34)ccc21.